The van der Waals surface area contributed by atoms with Crippen LogP contribution in [0.5, 0.6) is 0 Å². The summed E-state index contributed by atoms with van der Waals surface area (Å²) >= 11 is 0. The van der Waals surface area contributed by atoms with Crippen molar-refractivity contribution in [2.24, 2.45) is 17.0 Å². The molecule has 134 valence electrons. The molecule has 0 aromatic heterocycles. The van der Waals surface area contributed by atoms with Crippen LogP contribution in [-0.4, -0.2) is 62.1 Å². The minimum atomic E-state index is -3.48. The van der Waals surface area contributed by atoms with Crippen LogP contribution in [0.25, 0.3) is 0 Å². The van der Waals surface area contributed by atoms with E-state index in [1.807, 2.05) is 4.90 Å². The van der Waals surface area contributed by atoms with Crippen molar-refractivity contribution in [2.75, 3.05) is 31.9 Å². The molecule has 2 N–H and O–H groups in total. The fraction of sp³-hybridized carbons (Fsp3) is 0.938. The Morgan fingerprint density at radius 1 is 1.26 bits per heavy atom. The molecule has 0 spiro atoms. The number of primary sulfonamides is 1. The molecule has 6 nitrogen and oxygen atoms in total. The third-order valence-corrected chi connectivity index (χ3v) is 5.74. The number of carbonyl (C=O) groups is 1. The normalized spacial score (nSPS) is 24.0. The third-order valence-electron chi connectivity index (χ3n) is 4.88. The van der Waals surface area contributed by atoms with E-state index >= 15 is 0 Å². The number of amides is 1. The van der Waals surface area contributed by atoms with Crippen molar-refractivity contribution in [3.63, 3.8) is 0 Å². The molecular formula is C16H31N3O3S. The zero-order valence-electron chi connectivity index (χ0n) is 14.4. The lowest BCUT2D eigenvalue weighted by molar-refractivity contribution is -0.131. The highest BCUT2D eigenvalue weighted by molar-refractivity contribution is 7.89. The van der Waals surface area contributed by atoms with Gasteiger partial charge in [0.05, 0.1) is 5.75 Å². The zero-order valence-corrected chi connectivity index (χ0v) is 15.2. The van der Waals surface area contributed by atoms with Gasteiger partial charge in [-0.3, -0.25) is 9.69 Å². The maximum atomic E-state index is 12.4. The number of hydrogen-bond donors (Lipinski definition) is 1. The molecule has 1 atom stereocenters. The van der Waals surface area contributed by atoms with Crippen LogP contribution in [0.3, 0.4) is 0 Å². The summed E-state index contributed by atoms with van der Waals surface area (Å²) in [6.07, 6.45) is 4.27. The minimum Gasteiger partial charge on any atom is -0.341 e. The molecule has 1 saturated heterocycles. The molecule has 1 amide bonds. The van der Waals surface area contributed by atoms with Gasteiger partial charge in [0, 0.05) is 38.6 Å². The van der Waals surface area contributed by atoms with Crippen molar-refractivity contribution in [2.45, 2.75) is 52.0 Å². The molecule has 1 saturated carbocycles. The fourth-order valence-electron chi connectivity index (χ4n) is 3.36. The lowest BCUT2D eigenvalue weighted by Crippen LogP contribution is -2.46. The summed E-state index contributed by atoms with van der Waals surface area (Å²) < 4.78 is 22.0. The largest absolute Gasteiger partial charge is 0.341 e. The van der Waals surface area contributed by atoms with E-state index in [1.165, 1.54) is 12.8 Å². The summed E-state index contributed by atoms with van der Waals surface area (Å²) in [6, 6.07) is 0.403. The number of sulfonamides is 1. The second-order valence-electron chi connectivity index (χ2n) is 7.41. The number of nitrogens with two attached hydrogens (primary N) is 1. The Morgan fingerprint density at radius 2 is 1.96 bits per heavy atom. The molecule has 1 heterocycles. The van der Waals surface area contributed by atoms with Crippen molar-refractivity contribution in [3.05, 3.63) is 0 Å². The van der Waals surface area contributed by atoms with Crippen molar-refractivity contribution in [1.29, 1.82) is 0 Å². The van der Waals surface area contributed by atoms with Gasteiger partial charge in [0.15, 0.2) is 0 Å². The Kier molecular flexibility index (Phi) is 6.45. The van der Waals surface area contributed by atoms with Crippen LogP contribution in [0.15, 0.2) is 0 Å². The van der Waals surface area contributed by atoms with Gasteiger partial charge in [0.25, 0.3) is 0 Å². The fourth-order valence-corrected chi connectivity index (χ4v) is 3.91. The van der Waals surface area contributed by atoms with Crippen molar-refractivity contribution in [3.8, 4) is 0 Å². The Hall–Kier alpha value is -0.660. The molecule has 23 heavy (non-hydrogen) atoms. The highest BCUT2D eigenvalue weighted by Gasteiger charge is 2.33. The molecule has 1 aliphatic carbocycles. The first-order chi connectivity index (χ1) is 10.8. The highest BCUT2D eigenvalue weighted by atomic mass is 32.2. The summed E-state index contributed by atoms with van der Waals surface area (Å²) in [4.78, 5) is 16.9. The summed E-state index contributed by atoms with van der Waals surface area (Å²) in [5.41, 5.74) is 0. The van der Waals surface area contributed by atoms with Crippen LogP contribution in [0, 0.1) is 11.8 Å². The van der Waals surface area contributed by atoms with Gasteiger partial charge in [-0.15, -0.1) is 0 Å². The first-order valence-electron chi connectivity index (χ1n) is 8.78. The maximum Gasteiger partial charge on any atom is 0.222 e. The molecule has 0 aromatic carbocycles. The molecule has 1 unspecified atom stereocenters. The molecule has 2 rings (SSSR count). The van der Waals surface area contributed by atoms with Crippen LogP contribution in [0.2, 0.25) is 0 Å². The predicted molar refractivity (Wildman–Crippen MR) is 91.3 cm³/mol. The summed E-state index contributed by atoms with van der Waals surface area (Å²) in [7, 11) is -3.48. The monoisotopic (exact) mass is 345 g/mol. The minimum absolute atomic E-state index is 0.0626. The average molecular weight is 346 g/mol. The van der Waals surface area contributed by atoms with Crippen LogP contribution >= 0.6 is 0 Å². The van der Waals surface area contributed by atoms with Gasteiger partial charge in [-0.25, -0.2) is 13.6 Å². The topological polar surface area (TPSA) is 83.7 Å². The van der Waals surface area contributed by atoms with E-state index < -0.39 is 10.0 Å². The quantitative estimate of drug-likeness (QED) is 0.747. The second-order valence-corrected chi connectivity index (χ2v) is 9.15. The van der Waals surface area contributed by atoms with Gasteiger partial charge in [-0.2, -0.15) is 0 Å². The van der Waals surface area contributed by atoms with Crippen LogP contribution in [-0.2, 0) is 14.8 Å². The van der Waals surface area contributed by atoms with Crippen molar-refractivity contribution >= 4 is 15.9 Å². The Labute approximate surface area is 140 Å². The van der Waals surface area contributed by atoms with Gasteiger partial charge >= 0.3 is 0 Å². The van der Waals surface area contributed by atoms with Gasteiger partial charge in [0.2, 0.25) is 15.9 Å². The number of carbonyl (C=O) groups excluding carboxylic acids is 1. The number of nitrogens with zero attached hydrogens (tertiary/aromatic N) is 2. The average Bonchev–Trinajstić information content (AvgIpc) is 3.24. The van der Waals surface area contributed by atoms with E-state index in [1.54, 1.807) is 0 Å². The first kappa shape index (κ1) is 18.7. The van der Waals surface area contributed by atoms with E-state index in [0.29, 0.717) is 18.4 Å². The summed E-state index contributed by atoms with van der Waals surface area (Å²) in [5.74, 6) is 1.31. The molecule has 0 bridgehead atoms. The second kappa shape index (κ2) is 7.94. The van der Waals surface area contributed by atoms with Crippen LogP contribution in [0.4, 0.5) is 0 Å². The standard InChI is InChI=1S/C16H31N3O3S/c1-13(2)15-12-19(16(20)5-3-10-23(17,21)22)9-4-8-18(15)11-14-6-7-14/h13-15H,3-12H2,1-2H3,(H2,17,21,22). The molecule has 1 aliphatic heterocycles. The van der Waals surface area contributed by atoms with Gasteiger partial charge < -0.3 is 4.90 Å². The zero-order chi connectivity index (χ0) is 17.0. The third kappa shape index (κ3) is 6.39. The number of hydrogen-bond acceptors (Lipinski definition) is 4. The lowest BCUT2D eigenvalue weighted by atomic mass is 10.0. The lowest BCUT2D eigenvalue weighted by Gasteiger charge is -2.34. The molecule has 0 aromatic rings. The van der Waals surface area contributed by atoms with Gasteiger partial charge in [-0.05, 0) is 37.5 Å². The van der Waals surface area contributed by atoms with E-state index in [2.05, 4.69) is 18.7 Å². The molecule has 7 heteroatoms. The van der Waals surface area contributed by atoms with E-state index in [4.69, 9.17) is 5.14 Å². The van der Waals surface area contributed by atoms with E-state index in [0.717, 1.165) is 38.5 Å². The Bertz CT molecular complexity index is 503. The predicted octanol–water partition coefficient (Wildman–Crippen LogP) is 1.02. The molecular weight excluding hydrogens is 314 g/mol. The van der Waals surface area contributed by atoms with E-state index in [-0.39, 0.29) is 18.1 Å². The maximum absolute atomic E-state index is 12.4. The van der Waals surface area contributed by atoms with Crippen LogP contribution < -0.4 is 5.14 Å². The van der Waals surface area contributed by atoms with Gasteiger partial charge in [0.1, 0.15) is 0 Å². The molecule has 0 radical (unpaired) electrons. The molecule has 2 aliphatic rings. The Balaban J connectivity index is 1.90. The number of rotatable bonds is 7. The molecule has 2 fully saturated rings. The summed E-state index contributed by atoms with van der Waals surface area (Å²) in [5, 5.41) is 5.00. The highest BCUT2D eigenvalue weighted by Crippen LogP contribution is 2.31. The Morgan fingerprint density at radius 3 is 2.52 bits per heavy atom. The van der Waals surface area contributed by atoms with Crippen molar-refractivity contribution < 1.29 is 13.2 Å². The van der Waals surface area contributed by atoms with Crippen LogP contribution in [0.1, 0.15) is 46.0 Å². The van der Waals surface area contributed by atoms with Crippen molar-refractivity contribution in [1.82, 2.24) is 9.80 Å². The smallest absolute Gasteiger partial charge is 0.222 e. The summed E-state index contributed by atoms with van der Waals surface area (Å²) in [6.45, 7) is 8.20. The van der Waals surface area contributed by atoms with Gasteiger partial charge in [-0.1, -0.05) is 13.8 Å². The van der Waals surface area contributed by atoms with E-state index in [9.17, 15) is 13.2 Å². The SMILES string of the molecule is CC(C)C1CN(C(=O)CCCS(N)(=O)=O)CCCN1CC1CC1. The first-order valence-corrected chi connectivity index (χ1v) is 10.5.